The Morgan fingerprint density at radius 2 is 1.73 bits per heavy atom. The minimum atomic E-state index is 1.04. The van der Waals surface area contributed by atoms with Crippen molar-refractivity contribution in [2.24, 2.45) is 0 Å². The maximum absolute atomic E-state index is 4.11. The van der Waals surface area contributed by atoms with Gasteiger partial charge in [0.2, 0.25) is 0 Å². The lowest BCUT2D eigenvalue weighted by Crippen LogP contribution is -2.15. The molecule has 0 unspecified atom stereocenters. The van der Waals surface area contributed by atoms with Gasteiger partial charge in [0.25, 0.3) is 0 Å². The van der Waals surface area contributed by atoms with E-state index in [4.69, 9.17) is 0 Å². The molecule has 0 N–H and O–H groups in total. The lowest BCUT2D eigenvalue weighted by molar-refractivity contribution is 0.593. The van der Waals surface area contributed by atoms with Crippen LogP contribution < -0.4 is 4.90 Å². The molecule has 0 amide bonds. The predicted molar refractivity (Wildman–Crippen MR) is 68.2 cm³/mol. The average molecular weight is 204 g/mol. The average Bonchev–Trinajstić information content (AvgIpc) is 2.15. The van der Waals surface area contributed by atoms with Gasteiger partial charge in [-0.1, -0.05) is 18.2 Å². The molecule has 0 heterocycles. The summed E-state index contributed by atoms with van der Waals surface area (Å²) in [5.74, 6) is 0. The van der Waals surface area contributed by atoms with Crippen LogP contribution in [0.1, 0.15) is 11.1 Å². The van der Waals surface area contributed by atoms with Gasteiger partial charge in [0.1, 0.15) is 0 Å². The van der Waals surface area contributed by atoms with E-state index >= 15 is 0 Å². The molecular weight excluding hydrogens is 184 g/mol. The molecular formula is C13H20N2. The van der Waals surface area contributed by atoms with Gasteiger partial charge in [0.05, 0.1) is 0 Å². The first-order chi connectivity index (χ1) is 6.93. The quantitative estimate of drug-likeness (QED) is 0.746. The Bertz CT molecular complexity index is 365. The molecule has 0 aliphatic carbocycles. The number of benzene rings is 1. The van der Waals surface area contributed by atoms with E-state index in [0.717, 1.165) is 5.70 Å². The minimum absolute atomic E-state index is 1.04. The van der Waals surface area contributed by atoms with Crippen LogP contribution in [0.25, 0.3) is 5.70 Å². The zero-order valence-corrected chi connectivity index (χ0v) is 10.3. The Morgan fingerprint density at radius 3 is 2.20 bits per heavy atom. The number of hydrogen-bond donors (Lipinski definition) is 0. The fourth-order valence-corrected chi connectivity index (χ4v) is 1.51. The normalized spacial score (nSPS) is 9.93. The molecule has 0 aromatic heterocycles. The van der Waals surface area contributed by atoms with Gasteiger partial charge in [-0.2, -0.15) is 0 Å². The maximum atomic E-state index is 4.11. The number of nitrogens with zero attached hydrogens (tertiary/aromatic N) is 2. The highest BCUT2D eigenvalue weighted by molar-refractivity contribution is 5.74. The molecule has 0 saturated carbocycles. The summed E-state index contributed by atoms with van der Waals surface area (Å²) in [6.45, 7) is 6.21. The summed E-state index contributed by atoms with van der Waals surface area (Å²) >= 11 is 0. The first-order valence-electron chi connectivity index (χ1n) is 5.08. The molecule has 0 atom stereocenters. The molecule has 1 aromatic rings. The van der Waals surface area contributed by atoms with Crippen LogP contribution in [0.3, 0.4) is 0 Å². The van der Waals surface area contributed by atoms with E-state index in [1.54, 1.807) is 0 Å². The summed E-state index contributed by atoms with van der Waals surface area (Å²) in [5, 5.41) is 0. The summed E-state index contributed by atoms with van der Waals surface area (Å²) in [6, 6.07) is 6.44. The fraction of sp³-hybridized carbons (Fsp3) is 0.385. The van der Waals surface area contributed by atoms with Gasteiger partial charge in [0.15, 0.2) is 0 Å². The van der Waals surface area contributed by atoms with Crippen LogP contribution in [0.5, 0.6) is 0 Å². The molecule has 82 valence electrons. The molecule has 0 bridgehead atoms. The second-order valence-electron chi connectivity index (χ2n) is 4.26. The Labute approximate surface area is 92.8 Å². The summed E-state index contributed by atoms with van der Waals surface area (Å²) in [6.07, 6.45) is 0. The van der Waals surface area contributed by atoms with E-state index in [2.05, 4.69) is 50.7 Å². The van der Waals surface area contributed by atoms with Crippen LogP contribution in [-0.4, -0.2) is 33.1 Å². The van der Waals surface area contributed by atoms with Crippen LogP contribution in [0, 0.1) is 6.92 Å². The first-order valence-corrected chi connectivity index (χ1v) is 5.08. The molecule has 2 heteroatoms. The van der Waals surface area contributed by atoms with Gasteiger partial charge in [-0.25, -0.2) is 0 Å². The van der Waals surface area contributed by atoms with Crippen molar-refractivity contribution in [2.75, 3.05) is 33.1 Å². The molecule has 0 saturated heterocycles. The van der Waals surface area contributed by atoms with Crippen LogP contribution in [0.4, 0.5) is 5.69 Å². The third kappa shape index (κ3) is 2.52. The van der Waals surface area contributed by atoms with E-state index in [1.165, 1.54) is 16.8 Å². The highest BCUT2D eigenvalue weighted by atomic mass is 15.1. The third-order valence-electron chi connectivity index (χ3n) is 2.48. The number of hydrogen-bond acceptors (Lipinski definition) is 2. The molecule has 0 aliphatic heterocycles. The summed E-state index contributed by atoms with van der Waals surface area (Å²) < 4.78 is 0. The molecule has 0 spiro atoms. The van der Waals surface area contributed by atoms with Crippen molar-refractivity contribution in [3.63, 3.8) is 0 Å². The van der Waals surface area contributed by atoms with Gasteiger partial charge < -0.3 is 9.80 Å². The Morgan fingerprint density at radius 1 is 1.13 bits per heavy atom. The van der Waals surface area contributed by atoms with Crippen molar-refractivity contribution in [3.8, 4) is 0 Å². The van der Waals surface area contributed by atoms with E-state index in [-0.39, 0.29) is 0 Å². The topological polar surface area (TPSA) is 6.48 Å². The number of rotatable bonds is 3. The zero-order chi connectivity index (χ0) is 11.6. The van der Waals surface area contributed by atoms with Crippen LogP contribution in [0.2, 0.25) is 0 Å². The highest BCUT2D eigenvalue weighted by Gasteiger charge is 2.09. The Balaban J connectivity index is 3.24. The summed E-state index contributed by atoms with van der Waals surface area (Å²) in [5.41, 5.74) is 4.71. The second kappa shape index (κ2) is 4.39. The van der Waals surface area contributed by atoms with Gasteiger partial charge in [-0.05, 0) is 19.1 Å². The molecule has 0 radical (unpaired) electrons. The van der Waals surface area contributed by atoms with Crippen LogP contribution in [0.15, 0.2) is 24.8 Å². The van der Waals surface area contributed by atoms with Crippen molar-refractivity contribution in [1.82, 2.24) is 4.90 Å². The largest absolute Gasteiger partial charge is 0.378 e. The summed E-state index contributed by atoms with van der Waals surface area (Å²) in [7, 11) is 8.14. The molecule has 15 heavy (non-hydrogen) atoms. The number of anilines is 1. The highest BCUT2D eigenvalue weighted by Crippen LogP contribution is 2.27. The van der Waals surface area contributed by atoms with Gasteiger partial charge in [-0.15, -0.1) is 0 Å². The molecule has 2 nitrogen and oxygen atoms in total. The van der Waals surface area contributed by atoms with E-state index < -0.39 is 0 Å². The fourth-order valence-electron chi connectivity index (χ4n) is 1.51. The maximum Gasteiger partial charge on any atom is 0.0455 e. The monoisotopic (exact) mass is 204 g/mol. The van der Waals surface area contributed by atoms with Crippen molar-refractivity contribution in [2.45, 2.75) is 6.92 Å². The van der Waals surface area contributed by atoms with Gasteiger partial charge in [0, 0.05) is 45.1 Å². The first kappa shape index (κ1) is 11.6. The van der Waals surface area contributed by atoms with Crippen molar-refractivity contribution in [3.05, 3.63) is 35.9 Å². The zero-order valence-electron chi connectivity index (χ0n) is 10.3. The molecule has 0 fully saturated rings. The third-order valence-corrected chi connectivity index (χ3v) is 2.48. The number of aryl methyl sites for hydroxylation is 1. The van der Waals surface area contributed by atoms with Crippen molar-refractivity contribution >= 4 is 11.4 Å². The van der Waals surface area contributed by atoms with Crippen molar-refractivity contribution < 1.29 is 0 Å². The minimum Gasteiger partial charge on any atom is -0.378 e. The lowest BCUT2D eigenvalue weighted by Gasteiger charge is -2.23. The van der Waals surface area contributed by atoms with Gasteiger partial charge >= 0.3 is 0 Å². The second-order valence-corrected chi connectivity index (χ2v) is 4.26. The smallest absolute Gasteiger partial charge is 0.0455 e. The van der Waals surface area contributed by atoms with Crippen LogP contribution >= 0.6 is 0 Å². The predicted octanol–water partition coefficient (Wildman–Crippen LogP) is 2.59. The van der Waals surface area contributed by atoms with Crippen LogP contribution in [-0.2, 0) is 0 Å². The molecule has 1 aromatic carbocycles. The Kier molecular flexibility index (Phi) is 3.40. The molecule has 0 aliphatic rings. The van der Waals surface area contributed by atoms with E-state index in [9.17, 15) is 0 Å². The van der Waals surface area contributed by atoms with E-state index in [1.807, 2.05) is 19.0 Å². The van der Waals surface area contributed by atoms with Crippen molar-refractivity contribution in [1.29, 1.82) is 0 Å². The Hall–Kier alpha value is -1.44. The summed E-state index contributed by atoms with van der Waals surface area (Å²) in [4.78, 5) is 4.16. The van der Waals surface area contributed by atoms with Gasteiger partial charge in [-0.3, -0.25) is 0 Å². The SMILES string of the molecule is C=C(c1cc(C)ccc1N(C)C)N(C)C. The van der Waals surface area contributed by atoms with E-state index in [0.29, 0.717) is 0 Å². The lowest BCUT2D eigenvalue weighted by atomic mass is 10.1. The standard InChI is InChI=1S/C13H20N2/c1-10-7-8-13(15(5)6)12(9-10)11(2)14(3)4/h7-9H,2H2,1,3-6H3. The molecule has 1 rings (SSSR count).